The van der Waals surface area contributed by atoms with Crippen molar-refractivity contribution in [3.05, 3.63) is 47.5 Å². The molecular weight excluding hydrogens is 252 g/mol. The molecule has 0 fully saturated rings. The Kier molecular flexibility index (Phi) is 4.61. The van der Waals surface area contributed by atoms with Crippen LogP contribution >= 0.6 is 11.6 Å². The lowest BCUT2D eigenvalue weighted by Crippen LogP contribution is -2.04. The van der Waals surface area contributed by atoms with Gasteiger partial charge in [0.25, 0.3) is 0 Å². The van der Waals surface area contributed by atoms with Gasteiger partial charge in [-0.2, -0.15) is 0 Å². The summed E-state index contributed by atoms with van der Waals surface area (Å²) in [6.45, 7) is 1.32. The van der Waals surface area contributed by atoms with Crippen molar-refractivity contribution >= 4 is 11.6 Å². The largest absolute Gasteiger partial charge is 0.493 e. The molecular formula is C13H15ClN2O2. The molecule has 1 N–H and O–H groups in total. The van der Waals surface area contributed by atoms with Crippen LogP contribution in [0, 0.1) is 0 Å². The molecule has 18 heavy (non-hydrogen) atoms. The standard InChI is InChI=1S/C13H15ClN2O2/c14-12-3-1-4-13(11(12)9-17)18-8-2-6-16-7-5-15-10-16/h1,3-5,7,10,17H,2,6,8-9H2. The third kappa shape index (κ3) is 3.24. The zero-order valence-electron chi connectivity index (χ0n) is 9.92. The number of rotatable bonds is 6. The Morgan fingerprint density at radius 1 is 1.39 bits per heavy atom. The molecule has 0 aliphatic carbocycles. The summed E-state index contributed by atoms with van der Waals surface area (Å²) in [5.74, 6) is 0.649. The van der Waals surface area contributed by atoms with Crippen LogP contribution in [0.5, 0.6) is 5.75 Å². The Balaban J connectivity index is 1.85. The molecule has 1 aromatic carbocycles. The van der Waals surface area contributed by atoms with Gasteiger partial charge in [0.05, 0.1) is 19.5 Å². The molecule has 0 radical (unpaired) electrons. The predicted octanol–water partition coefficient (Wildman–Crippen LogP) is 2.50. The number of halogens is 1. The Morgan fingerprint density at radius 3 is 3.00 bits per heavy atom. The summed E-state index contributed by atoms with van der Waals surface area (Å²) in [5.41, 5.74) is 0.641. The summed E-state index contributed by atoms with van der Waals surface area (Å²) in [4.78, 5) is 3.97. The minimum Gasteiger partial charge on any atom is -0.493 e. The molecule has 0 amide bonds. The third-order valence-corrected chi connectivity index (χ3v) is 2.97. The number of ether oxygens (including phenoxy) is 1. The van der Waals surface area contributed by atoms with Gasteiger partial charge in [-0.3, -0.25) is 0 Å². The minimum atomic E-state index is -0.115. The number of hydrogen-bond acceptors (Lipinski definition) is 3. The van der Waals surface area contributed by atoms with E-state index in [9.17, 15) is 5.11 Å². The molecule has 0 aliphatic heterocycles. The molecule has 2 rings (SSSR count). The maximum absolute atomic E-state index is 9.23. The van der Waals surface area contributed by atoms with Gasteiger partial charge in [0.15, 0.2) is 0 Å². The fraction of sp³-hybridized carbons (Fsp3) is 0.308. The zero-order chi connectivity index (χ0) is 12.8. The van der Waals surface area contributed by atoms with E-state index in [1.54, 1.807) is 18.6 Å². The van der Waals surface area contributed by atoms with Gasteiger partial charge in [-0.1, -0.05) is 17.7 Å². The summed E-state index contributed by atoms with van der Waals surface area (Å²) < 4.78 is 7.62. The highest BCUT2D eigenvalue weighted by Gasteiger charge is 2.06. The van der Waals surface area contributed by atoms with Crippen LogP contribution in [0.25, 0.3) is 0 Å². The first-order valence-electron chi connectivity index (χ1n) is 5.78. The fourth-order valence-corrected chi connectivity index (χ4v) is 1.90. The summed E-state index contributed by atoms with van der Waals surface area (Å²) >= 11 is 5.97. The number of benzene rings is 1. The first-order chi connectivity index (χ1) is 8.81. The van der Waals surface area contributed by atoms with Gasteiger partial charge in [-0.15, -0.1) is 0 Å². The number of hydrogen-bond donors (Lipinski definition) is 1. The van der Waals surface area contributed by atoms with Crippen molar-refractivity contribution in [2.24, 2.45) is 0 Å². The Hall–Kier alpha value is -1.52. The Morgan fingerprint density at radius 2 is 2.28 bits per heavy atom. The molecule has 0 aliphatic rings. The van der Waals surface area contributed by atoms with Gasteiger partial charge < -0.3 is 14.4 Å². The first kappa shape index (κ1) is 12.9. The average molecular weight is 267 g/mol. The maximum atomic E-state index is 9.23. The lowest BCUT2D eigenvalue weighted by atomic mass is 10.2. The van der Waals surface area contributed by atoms with Crippen molar-refractivity contribution in [1.82, 2.24) is 9.55 Å². The number of aliphatic hydroxyl groups excluding tert-OH is 1. The second-order valence-electron chi connectivity index (χ2n) is 3.88. The topological polar surface area (TPSA) is 47.3 Å². The molecule has 2 aromatic rings. The highest BCUT2D eigenvalue weighted by atomic mass is 35.5. The highest BCUT2D eigenvalue weighted by Crippen LogP contribution is 2.26. The van der Waals surface area contributed by atoms with Crippen LogP contribution in [0.4, 0.5) is 0 Å². The SMILES string of the molecule is OCc1c(Cl)cccc1OCCCn1ccnc1. The fourth-order valence-electron chi connectivity index (χ4n) is 1.68. The smallest absolute Gasteiger partial charge is 0.126 e. The van der Waals surface area contributed by atoms with E-state index in [-0.39, 0.29) is 6.61 Å². The number of imidazole rings is 1. The minimum absolute atomic E-state index is 0.115. The van der Waals surface area contributed by atoms with Crippen molar-refractivity contribution in [1.29, 1.82) is 0 Å². The Labute approximate surface area is 111 Å². The van der Waals surface area contributed by atoms with E-state index in [1.807, 2.05) is 22.9 Å². The number of aromatic nitrogens is 2. The molecule has 96 valence electrons. The van der Waals surface area contributed by atoms with Gasteiger partial charge >= 0.3 is 0 Å². The molecule has 0 bridgehead atoms. The second-order valence-corrected chi connectivity index (χ2v) is 4.28. The maximum Gasteiger partial charge on any atom is 0.126 e. The second kappa shape index (κ2) is 6.42. The van der Waals surface area contributed by atoms with Crippen molar-refractivity contribution < 1.29 is 9.84 Å². The van der Waals surface area contributed by atoms with Crippen LogP contribution in [0.1, 0.15) is 12.0 Å². The van der Waals surface area contributed by atoms with Crippen LogP contribution in [0.2, 0.25) is 5.02 Å². The number of aliphatic hydroxyl groups is 1. The van der Waals surface area contributed by atoms with E-state index in [2.05, 4.69) is 4.98 Å². The molecule has 1 heterocycles. The normalized spacial score (nSPS) is 10.6. The van der Waals surface area contributed by atoms with Crippen molar-refractivity contribution in [3.8, 4) is 5.75 Å². The van der Waals surface area contributed by atoms with E-state index < -0.39 is 0 Å². The molecule has 5 heteroatoms. The summed E-state index contributed by atoms with van der Waals surface area (Å²) in [5, 5.41) is 9.76. The van der Waals surface area contributed by atoms with Gasteiger partial charge in [-0.25, -0.2) is 4.98 Å². The van der Waals surface area contributed by atoms with E-state index in [0.717, 1.165) is 13.0 Å². The zero-order valence-corrected chi connectivity index (χ0v) is 10.7. The molecule has 0 atom stereocenters. The third-order valence-electron chi connectivity index (χ3n) is 2.61. The lowest BCUT2D eigenvalue weighted by molar-refractivity contribution is 0.259. The van der Waals surface area contributed by atoms with Gasteiger partial charge in [0.1, 0.15) is 5.75 Å². The van der Waals surface area contributed by atoms with Crippen molar-refractivity contribution in [2.75, 3.05) is 6.61 Å². The van der Waals surface area contributed by atoms with E-state index in [0.29, 0.717) is 22.9 Å². The van der Waals surface area contributed by atoms with Gasteiger partial charge in [-0.05, 0) is 18.6 Å². The predicted molar refractivity (Wildman–Crippen MR) is 69.7 cm³/mol. The molecule has 1 aromatic heterocycles. The molecule has 0 saturated heterocycles. The van der Waals surface area contributed by atoms with E-state index in [1.165, 1.54) is 0 Å². The van der Waals surface area contributed by atoms with Gasteiger partial charge in [0, 0.05) is 29.5 Å². The summed E-state index contributed by atoms with van der Waals surface area (Å²) in [6.07, 6.45) is 6.31. The number of nitrogens with zero attached hydrogens (tertiary/aromatic N) is 2. The van der Waals surface area contributed by atoms with E-state index in [4.69, 9.17) is 16.3 Å². The van der Waals surface area contributed by atoms with E-state index >= 15 is 0 Å². The average Bonchev–Trinajstić information content (AvgIpc) is 2.88. The van der Waals surface area contributed by atoms with Crippen LogP contribution in [-0.2, 0) is 13.2 Å². The van der Waals surface area contributed by atoms with Crippen LogP contribution in [-0.4, -0.2) is 21.3 Å². The quantitative estimate of drug-likeness (QED) is 0.817. The van der Waals surface area contributed by atoms with Crippen molar-refractivity contribution in [2.45, 2.75) is 19.6 Å². The lowest BCUT2D eigenvalue weighted by Gasteiger charge is -2.11. The summed E-state index contributed by atoms with van der Waals surface area (Å²) in [6, 6.07) is 5.37. The van der Waals surface area contributed by atoms with Crippen molar-refractivity contribution in [3.63, 3.8) is 0 Å². The number of aryl methyl sites for hydroxylation is 1. The molecule has 0 saturated carbocycles. The summed E-state index contributed by atoms with van der Waals surface area (Å²) in [7, 11) is 0. The van der Waals surface area contributed by atoms with Gasteiger partial charge in [0.2, 0.25) is 0 Å². The van der Waals surface area contributed by atoms with Crippen LogP contribution < -0.4 is 4.74 Å². The van der Waals surface area contributed by atoms with Crippen LogP contribution in [0.3, 0.4) is 0 Å². The molecule has 0 spiro atoms. The molecule has 4 nitrogen and oxygen atoms in total. The Bertz CT molecular complexity index is 486. The van der Waals surface area contributed by atoms with Crippen LogP contribution in [0.15, 0.2) is 36.9 Å². The molecule has 0 unspecified atom stereocenters. The first-order valence-corrected chi connectivity index (χ1v) is 6.16. The monoisotopic (exact) mass is 266 g/mol. The highest BCUT2D eigenvalue weighted by molar-refractivity contribution is 6.31.